The summed E-state index contributed by atoms with van der Waals surface area (Å²) in [7, 11) is 0. The van der Waals surface area contributed by atoms with Crippen LogP contribution in [0.1, 0.15) is 25.0 Å². The van der Waals surface area contributed by atoms with Crippen LogP contribution in [0.25, 0.3) is 0 Å². The quantitative estimate of drug-likeness (QED) is 0.733. The van der Waals surface area contributed by atoms with Crippen molar-refractivity contribution in [2.45, 2.75) is 38.3 Å². The maximum absolute atomic E-state index is 12.1. The van der Waals surface area contributed by atoms with Crippen LogP contribution < -0.4 is 15.5 Å². The number of piperidine rings is 1. The Kier molecular flexibility index (Phi) is 5.35. The van der Waals surface area contributed by atoms with E-state index in [9.17, 15) is 4.79 Å². The lowest BCUT2D eigenvalue weighted by molar-refractivity contribution is 0.226. The van der Waals surface area contributed by atoms with Crippen molar-refractivity contribution in [2.24, 2.45) is 5.92 Å². The fraction of sp³-hybridized carbons (Fsp3) is 0.556. The van der Waals surface area contributed by atoms with Gasteiger partial charge in [-0.2, -0.15) is 0 Å². The number of hydrogen-bond donors (Lipinski definition) is 3. The molecule has 0 bridgehead atoms. The molecule has 130 valence electrons. The van der Waals surface area contributed by atoms with E-state index in [1.165, 1.54) is 0 Å². The Hall–Kier alpha value is -2.08. The summed E-state index contributed by atoms with van der Waals surface area (Å²) in [6.07, 6.45) is 6.55. The van der Waals surface area contributed by atoms with Crippen molar-refractivity contribution in [3.63, 3.8) is 0 Å². The minimum atomic E-state index is -0.115. The van der Waals surface area contributed by atoms with E-state index in [1.807, 2.05) is 37.3 Å². The fourth-order valence-electron chi connectivity index (χ4n) is 3.37. The zero-order valence-electron chi connectivity index (χ0n) is 14.1. The number of pyridine rings is 1. The number of aliphatic hydroxyl groups excluding tert-OH is 1. The number of nitrogens with one attached hydrogen (secondary N) is 2. The molecule has 0 unspecified atom stereocenters. The summed E-state index contributed by atoms with van der Waals surface area (Å²) in [5, 5.41) is 15.2. The molecule has 2 aliphatic rings. The van der Waals surface area contributed by atoms with Gasteiger partial charge in [-0.3, -0.25) is 0 Å². The molecule has 0 aromatic carbocycles. The first-order valence-corrected chi connectivity index (χ1v) is 8.69. The molecule has 1 aliphatic heterocycles. The molecule has 0 spiro atoms. The lowest BCUT2D eigenvalue weighted by Crippen LogP contribution is -2.49. The Morgan fingerprint density at radius 3 is 2.75 bits per heavy atom. The van der Waals surface area contributed by atoms with Gasteiger partial charge in [0, 0.05) is 43.4 Å². The van der Waals surface area contributed by atoms with Gasteiger partial charge >= 0.3 is 6.03 Å². The van der Waals surface area contributed by atoms with Gasteiger partial charge in [0.05, 0.1) is 0 Å². The van der Waals surface area contributed by atoms with E-state index in [2.05, 4.69) is 20.5 Å². The zero-order valence-corrected chi connectivity index (χ0v) is 14.1. The number of urea groups is 1. The van der Waals surface area contributed by atoms with Gasteiger partial charge in [0.15, 0.2) is 0 Å². The molecule has 24 heavy (non-hydrogen) atoms. The summed E-state index contributed by atoms with van der Waals surface area (Å²) in [6, 6.07) is 6.18. The molecule has 1 aromatic rings. The second kappa shape index (κ2) is 7.66. The van der Waals surface area contributed by atoms with Crippen molar-refractivity contribution < 1.29 is 9.90 Å². The van der Waals surface area contributed by atoms with Gasteiger partial charge in [-0.15, -0.1) is 0 Å². The molecule has 2 atom stereocenters. The summed E-state index contributed by atoms with van der Waals surface area (Å²) in [5.41, 5.74) is 1.03. The van der Waals surface area contributed by atoms with Gasteiger partial charge in [0.2, 0.25) is 0 Å². The van der Waals surface area contributed by atoms with Crippen LogP contribution in [-0.2, 0) is 0 Å². The molecule has 2 heterocycles. The highest BCUT2D eigenvalue weighted by atomic mass is 16.3. The number of amides is 2. The maximum Gasteiger partial charge on any atom is 0.315 e. The third-order valence-corrected chi connectivity index (χ3v) is 4.75. The van der Waals surface area contributed by atoms with Gasteiger partial charge < -0.3 is 20.6 Å². The Balaban J connectivity index is 1.42. The predicted octanol–water partition coefficient (Wildman–Crippen LogP) is 1.60. The number of nitrogens with zero attached hydrogens (tertiary/aromatic N) is 2. The van der Waals surface area contributed by atoms with Crippen LogP contribution in [0.3, 0.4) is 0 Å². The number of aryl methyl sites for hydroxylation is 1. The Morgan fingerprint density at radius 2 is 2.08 bits per heavy atom. The van der Waals surface area contributed by atoms with Gasteiger partial charge in [0.25, 0.3) is 0 Å². The second-order valence-electron chi connectivity index (χ2n) is 6.69. The molecule has 0 radical (unpaired) electrons. The fourth-order valence-corrected chi connectivity index (χ4v) is 3.37. The smallest absolute Gasteiger partial charge is 0.315 e. The van der Waals surface area contributed by atoms with Gasteiger partial charge in [0.1, 0.15) is 5.82 Å². The number of aromatic nitrogens is 1. The Morgan fingerprint density at radius 1 is 1.29 bits per heavy atom. The molecule has 1 aliphatic carbocycles. The first-order valence-electron chi connectivity index (χ1n) is 8.69. The Bertz CT molecular complexity index is 596. The zero-order chi connectivity index (χ0) is 16.9. The van der Waals surface area contributed by atoms with E-state index in [1.54, 1.807) is 0 Å². The highest BCUT2D eigenvalue weighted by molar-refractivity contribution is 5.75. The van der Waals surface area contributed by atoms with Crippen molar-refractivity contribution in [1.82, 2.24) is 15.6 Å². The number of carbonyl (C=O) groups is 1. The summed E-state index contributed by atoms with van der Waals surface area (Å²) in [4.78, 5) is 19.0. The van der Waals surface area contributed by atoms with E-state index >= 15 is 0 Å². The molecule has 2 amide bonds. The van der Waals surface area contributed by atoms with Crippen molar-refractivity contribution in [1.29, 1.82) is 0 Å². The lowest BCUT2D eigenvalue weighted by atomic mass is 10.1. The number of hydrogen-bond acceptors (Lipinski definition) is 4. The highest BCUT2D eigenvalue weighted by Crippen LogP contribution is 2.19. The summed E-state index contributed by atoms with van der Waals surface area (Å²) < 4.78 is 0. The summed E-state index contributed by atoms with van der Waals surface area (Å²) in [6.45, 7) is 3.94. The normalized spacial score (nSPS) is 24.2. The monoisotopic (exact) mass is 330 g/mol. The average Bonchev–Trinajstić information content (AvgIpc) is 3.03. The largest absolute Gasteiger partial charge is 0.396 e. The van der Waals surface area contributed by atoms with Gasteiger partial charge in [-0.05, 0) is 38.3 Å². The molecule has 3 rings (SSSR count). The van der Waals surface area contributed by atoms with E-state index in [-0.39, 0.29) is 30.6 Å². The number of anilines is 1. The van der Waals surface area contributed by atoms with Crippen LogP contribution in [0.15, 0.2) is 30.4 Å². The topological polar surface area (TPSA) is 77.5 Å². The molecule has 6 nitrogen and oxygen atoms in total. The SMILES string of the molecule is Cc1cccc(N2CCC(NC(=O)N[C@@H]3C=C[C@H](CO)C3)CC2)n1. The molecule has 1 aromatic heterocycles. The van der Waals surface area contributed by atoms with Crippen molar-refractivity contribution in [3.05, 3.63) is 36.0 Å². The first kappa shape index (κ1) is 16.8. The van der Waals surface area contributed by atoms with E-state index in [0.29, 0.717) is 0 Å². The standard InChI is InChI=1S/C18H26N4O2/c1-13-3-2-4-17(19-13)22-9-7-15(8-10-22)20-18(24)21-16-6-5-14(11-16)12-23/h2-6,14-16,23H,7-12H2,1H3,(H2,20,21,24)/t14-,16+/m0/s1. The van der Waals surface area contributed by atoms with Crippen molar-refractivity contribution >= 4 is 11.8 Å². The number of aliphatic hydroxyl groups is 1. The first-order chi connectivity index (χ1) is 11.6. The maximum atomic E-state index is 12.1. The van der Waals surface area contributed by atoms with E-state index in [0.717, 1.165) is 43.9 Å². The van der Waals surface area contributed by atoms with Crippen LogP contribution >= 0.6 is 0 Å². The van der Waals surface area contributed by atoms with Crippen LogP contribution in [0.2, 0.25) is 0 Å². The number of rotatable bonds is 4. The molecule has 1 saturated heterocycles. The van der Waals surface area contributed by atoms with E-state index in [4.69, 9.17) is 5.11 Å². The van der Waals surface area contributed by atoms with Gasteiger partial charge in [-0.25, -0.2) is 9.78 Å². The third-order valence-electron chi connectivity index (χ3n) is 4.75. The summed E-state index contributed by atoms with van der Waals surface area (Å²) >= 11 is 0. The average molecular weight is 330 g/mol. The molecule has 3 N–H and O–H groups in total. The molecular weight excluding hydrogens is 304 g/mol. The molecular formula is C18H26N4O2. The van der Waals surface area contributed by atoms with Crippen LogP contribution in [-0.4, -0.2) is 47.9 Å². The van der Waals surface area contributed by atoms with Crippen LogP contribution in [0.4, 0.5) is 10.6 Å². The van der Waals surface area contributed by atoms with Crippen molar-refractivity contribution in [2.75, 3.05) is 24.6 Å². The van der Waals surface area contributed by atoms with Crippen molar-refractivity contribution in [3.8, 4) is 0 Å². The minimum absolute atomic E-state index is 0.0266. The van der Waals surface area contributed by atoms with Crippen LogP contribution in [0, 0.1) is 12.8 Å². The minimum Gasteiger partial charge on any atom is -0.396 e. The molecule has 0 saturated carbocycles. The van der Waals surface area contributed by atoms with E-state index < -0.39 is 0 Å². The van der Waals surface area contributed by atoms with Crippen LogP contribution in [0.5, 0.6) is 0 Å². The Labute approximate surface area is 143 Å². The molecule has 1 fully saturated rings. The second-order valence-corrected chi connectivity index (χ2v) is 6.69. The lowest BCUT2D eigenvalue weighted by Gasteiger charge is -2.33. The summed E-state index contributed by atoms with van der Waals surface area (Å²) in [5.74, 6) is 1.18. The third kappa shape index (κ3) is 4.26. The number of carbonyl (C=O) groups excluding carboxylic acids is 1. The highest BCUT2D eigenvalue weighted by Gasteiger charge is 2.24. The molecule has 6 heteroatoms. The predicted molar refractivity (Wildman–Crippen MR) is 94.0 cm³/mol. The van der Waals surface area contributed by atoms with Gasteiger partial charge in [-0.1, -0.05) is 18.2 Å².